The molecule has 1 aliphatic heterocycles. The Bertz CT molecular complexity index is 1200. The standard InChI is InChI=1S/C21H14F3N4O2/c22-21(23,24)14-6-7-17-16(10-14)19(29)28(20(30)27(17)9-3-8-25)18-12-26-11-13-4-1-2-5-15(13)18/h1-2,4-7,10-12,14H,3,9H2/q+1. The van der Waals surface area contributed by atoms with Gasteiger partial charge in [0.1, 0.15) is 17.8 Å². The van der Waals surface area contributed by atoms with E-state index in [0.717, 1.165) is 27.7 Å². The molecule has 0 radical (unpaired) electrons. The molecule has 0 saturated carbocycles. The smallest absolute Gasteiger partial charge is 0.260 e. The zero-order valence-electron chi connectivity index (χ0n) is 15.4. The van der Waals surface area contributed by atoms with Crippen LogP contribution in [-0.4, -0.2) is 39.9 Å². The van der Waals surface area contributed by atoms with E-state index in [1.807, 2.05) is 6.07 Å². The number of imide groups is 1. The second-order valence-electron chi connectivity index (χ2n) is 6.75. The lowest BCUT2D eigenvalue weighted by atomic mass is 9.92. The van der Waals surface area contributed by atoms with Crippen molar-refractivity contribution in [3.8, 4) is 6.07 Å². The number of nitrogens with zero attached hydrogens (tertiary/aromatic N) is 4. The van der Waals surface area contributed by atoms with Gasteiger partial charge in [-0.25, -0.2) is 4.79 Å². The molecule has 4 rings (SSSR count). The number of allylic oxidation sites excluding steroid dienone is 3. The van der Waals surface area contributed by atoms with Crippen LogP contribution in [0.1, 0.15) is 6.42 Å². The number of pyridine rings is 1. The molecule has 1 aromatic carbocycles. The molecule has 2 aromatic rings. The van der Waals surface area contributed by atoms with E-state index in [1.54, 1.807) is 30.5 Å². The molecule has 2 heterocycles. The molecule has 0 fully saturated rings. The highest BCUT2D eigenvalue weighted by Crippen LogP contribution is 2.35. The van der Waals surface area contributed by atoms with Gasteiger partial charge in [-0.05, 0) is 18.2 Å². The Morgan fingerprint density at radius 2 is 1.97 bits per heavy atom. The number of hydrogen-bond donors (Lipinski definition) is 0. The maximum atomic E-state index is 13.3. The van der Waals surface area contributed by atoms with Crippen LogP contribution in [-0.2, 0) is 4.79 Å². The average Bonchev–Trinajstić information content (AvgIpc) is 2.73. The molecule has 0 saturated heterocycles. The summed E-state index contributed by atoms with van der Waals surface area (Å²) in [6.45, 7) is -0.0645. The van der Waals surface area contributed by atoms with Crippen molar-refractivity contribution in [2.24, 2.45) is 5.92 Å². The number of aromatic nitrogens is 1. The van der Waals surface area contributed by atoms with E-state index in [0.29, 0.717) is 10.8 Å². The molecule has 0 bridgehead atoms. The summed E-state index contributed by atoms with van der Waals surface area (Å²) >= 11 is 0. The van der Waals surface area contributed by atoms with Gasteiger partial charge in [-0.15, -0.1) is 4.90 Å². The number of alkyl halides is 3. The fraction of sp³-hybridized carbons (Fsp3) is 0.190. The van der Waals surface area contributed by atoms with Gasteiger partial charge in [0.15, 0.2) is 5.69 Å². The predicted molar refractivity (Wildman–Crippen MR) is 102 cm³/mol. The number of nitriles is 1. The fourth-order valence-electron chi connectivity index (χ4n) is 3.53. The van der Waals surface area contributed by atoms with Crippen molar-refractivity contribution < 1.29 is 27.3 Å². The Balaban J connectivity index is 1.91. The summed E-state index contributed by atoms with van der Waals surface area (Å²) in [6, 6.07) is 8.10. The monoisotopic (exact) mass is 411 g/mol. The third-order valence-electron chi connectivity index (χ3n) is 4.94. The van der Waals surface area contributed by atoms with Gasteiger partial charge in [0.05, 0.1) is 24.6 Å². The largest absolute Gasteiger partial charge is 0.506 e. The number of benzene rings is 1. The highest BCUT2D eigenvalue weighted by molar-refractivity contribution is 6.37. The summed E-state index contributed by atoms with van der Waals surface area (Å²) in [5.74, 6) is -2.81. The van der Waals surface area contributed by atoms with Crippen molar-refractivity contribution >= 4 is 34.1 Å². The average molecular weight is 411 g/mol. The lowest BCUT2D eigenvalue weighted by Gasteiger charge is -2.26. The molecule has 30 heavy (non-hydrogen) atoms. The zero-order chi connectivity index (χ0) is 21.5. The Morgan fingerprint density at radius 1 is 1.20 bits per heavy atom. The van der Waals surface area contributed by atoms with Crippen molar-refractivity contribution in [3.05, 3.63) is 60.5 Å². The maximum absolute atomic E-state index is 13.3. The van der Waals surface area contributed by atoms with E-state index in [-0.39, 0.29) is 29.9 Å². The van der Waals surface area contributed by atoms with Gasteiger partial charge in [-0.2, -0.15) is 27.8 Å². The molecule has 1 aromatic heterocycles. The first kappa shape index (κ1) is 19.5. The Morgan fingerprint density at radius 3 is 2.70 bits per heavy atom. The van der Waals surface area contributed by atoms with E-state index in [2.05, 4.69) is 4.98 Å². The zero-order valence-corrected chi connectivity index (χ0v) is 15.4. The minimum absolute atomic E-state index is 0.0467. The number of hydrogen-bond acceptors (Lipinski definition) is 4. The molecule has 1 aliphatic carbocycles. The van der Waals surface area contributed by atoms with Crippen LogP contribution in [0.2, 0.25) is 0 Å². The summed E-state index contributed by atoms with van der Waals surface area (Å²) in [7, 11) is 0. The second kappa shape index (κ2) is 7.22. The molecule has 3 amide bonds. The lowest BCUT2D eigenvalue weighted by molar-refractivity contribution is -0.424. The van der Waals surface area contributed by atoms with Crippen molar-refractivity contribution in [1.29, 1.82) is 5.26 Å². The van der Waals surface area contributed by atoms with Crippen molar-refractivity contribution in [2.75, 3.05) is 11.4 Å². The van der Waals surface area contributed by atoms with Crippen molar-refractivity contribution in [2.45, 2.75) is 12.6 Å². The number of urea groups is 1. The highest BCUT2D eigenvalue weighted by Gasteiger charge is 2.49. The molecule has 0 spiro atoms. The van der Waals surface area contributed by atoms with Crippen LogP contribution >= 0.6 is 0 Å². The molecule has 0 N–H and O–H groups in total. The number of carbonyl (C=O) groups is 2. The topological polar surface area (TPSA) is 77.1 Å². The number of anilines is 1. The van der Waals surface area contributed by atoms with E-state index < -0.39 is 24.0 Å². The first-order chi connectivity index (χ1) is 14.3. The molecule has 1 atom stereocenters. The number of fused-ring (bicyclic) bond motifs is 2. The number of carbonyl (C=O) groups excluding carboxylic acids is 2. The Labute approximate surface area is 168 Å². The van der Waals surface area contributed by atoms with Gasteiger partial charge in [0.2, 0.25) is 0 Å². The summed E-state index contributed by atoms with van der Waals surface area (Å²) in [5.41, 5.74) is -0.00128. The second-order valence-corrected chi connectivity index (χ2v) is 6.75. The first-order valence-corrected chi connectivity index (χ1v) is 9.02. The fourth-order valence-corrected chi connectivity index (χ4v) is 3.53. The third-order valence-corrected chi connectivity index (χ3v) is 4.94. The minimum atomic E-state index is -4.57. The van der Waals surface area contributed by atoms with E-state index in [4.69, 9.17) is 5.26 Å². The van der Waals surface area contributed by atoms with Crippen molar-refractivity contribution in [1.82, 2.24) is 4.98 Å². The van der Waals surface area contributed by atoms with Crippen LogP contribution in [0.5, 0.6) is 0 Å². The summed E-state index contributed by atoms with van der Waals surface area (Å²) in [4.78, 5) is 31.3. The van der Waals surface area contributed by atoms with Crippen LogP contribution in [0.25, 0.3) is 10.8 Å². The molecule has 2 aliphatic rings. The number of rotatable bonds is 3. The highest BCUT2D eigenvalue weighted by atomic mass is 19.4. The molecule has 1 unspecified atom stereocenters. The first-order valence-electron chi connectivity index (χ1n) is 9.02. The maximum Gasteiger partial charge on any atom is 0.506 e. The normalized spacial score (nSPS) is 19.1. The van der Waals surface area contributed by atoms with Gasteiger partial charge in [0, 0.05) is 17.0 Å². The van der Waals surface area contributed by atoms with Crippen LogP contribution in [0, 0.1) is 17.2 Å². The quantitative estimate of drug-likeness (QED) is 0.721. The summed E-state index contributed by atoms with van der Waals surface area (Å²) in [5, 5.41) is 10.2. The molecule has 150 valence electrons. The van der Waals surface area contributed by atoms with Gasteiger partial charge >= 0.3 is 18.1 Å². The third kappa shape index (κ3) is 3.16. The molecular weight excluding hydrogens is 397 g/mol. The minimum Gasteiger partial charge on any atom is -0.260 e. The molecule has 6 nitrogen and oxygen atoms in total. The Hall–Kier alpha value is -3.80. The van der Waals surface area contributed by atoms with E-state index in [1.165, 1.54) is 6.20 Å². The SMILES string of the molecule is N#CCC[N+]1=C2C=CC(C(F)(F)F)C=C2C(=O)N(c2cncc3ccccc23)C1=O. The molecular formula is C21H14F3N4O2+. The van der Waals surface area contributed by atoms with Crippen LogP contribution in [0.4, 0.5) is 23.7 Å². The van der Waals surface area contributed by atoms with E-state index in [9.17, 15) is 22.8 Å². The van der Waals surface area contributed by atoms with Crippen LogP contribution < -0.4 is 4.90 Å². The lowest BCUT2D eigenvalue weighted by Crippen LogP contribution is -2.52. The Kier molecular flexibility index (Phi) is 4.70. The summed E-state index contributed by atoms with van der Waals surface area (Å²) < 4.78 is 41.0. The van der Waals surface area contributed by atoms with Gasteiger partial charge in [-0.1, -0.05) is 24.3 Å². The molecule has 9 heteroatoms. The summed E-state index contributed by atoms with van der Waals surface area (Å²) in [6.07, 6.45) is 1.11. The van der Waals surface area contributed by atoms with Gasteiger partial charge in [0.25, 0.3) is 0 Å². The van der Waals surface area contributed by atoms with E-state index >= 15 is 0 Å². The number of halogens is 3. The van der Waals surface area contributed by atoms with Gasteiger partial charge < -0.3 is 0 Å². The number of amides is 3. The van der Waals surface area contributed by atoms with Crippen molar-refractivity contribution in [3.63, 3.8) is 0 Å². The van der Waals surface area contributed by atoms with Gasteiger partial charge in [-0.3, -0.25) is 4.98 Å². The predicted octanol–water partition coefficient (Wildman–Crippen LogP) is 3.74. The van der Waals surface area contributed by atoms with Crippen LogP contribution in [0.15, 0.2) is 60.5 Å². The van der Waals surface area contributed by atoms with Crippen LogP contribution in [0.3, 0.4) is 0 Å².